The Kier molecular flexibility index (Phi) is 7.12. The molecule has 1 aliphatic carbocycles. The zero-order valence-electron chi connectivity index (χ0n) is 21.8. The maximum Gasteiger partial charge on any atom is 0.340 e. The van der Waals surface area contributed by atoms with Gasteiger partial charge in [0, 0.05) is 29.7 Å². The fourth-order valence-corrected chi connectivity index (χ4v) is 4.87. The summed E-state index contributed by atoms with van der Waals surface area (Å²) in [4.78, 5) is 38.9. The lowest BCUT2D eigenvalue weighted by Crippen LogP contribution is -2.35. The number of anilines is 1. The van der Waals surface area contributed by atoms with Gasteiger partial charge in [0.2, 0.25) is 5.88 Å². The Labute approximate surface area is 216 Å². The summed E-state index contributed by atoms with van der Waals surface area (Å²) in [5, 5.41) is 2.87. The summed E-state index contributed by atoms with van der Waals surface area (Å²) in [6, 6.07) is 12.7. The summed E-state index contributed by atoms with van der Waals surface area (Å²) in [6.45, 7) is 7.60. The lowest BCUT2D eigenvalue weighted by Gasteiger charge is -2.38. The van der Waals surface area contributed by atoms with Gasteiger partial charge >= 0.3 is 5.97 Å². The molecule has 2 aromatic carbocycles. The van der Waals surface area contributed by atoms with E-state index in [4.69, 9.17) is 19.9 Å². The van der Waals surface area contributed by atoms with Crippen LogP contribution in [0, 0.1) is 19.3 Å². The van der Waals surface area contributed by atoms with E-state index in [0.717, 1.165) is 11.1 Å². The summed E-state index contributed by atoms with van der Waals surface area (Å²) < 4.78 is 16.8. The molecule has 1 atom stereocenters. The molecule has 8 heteroatoms. The van der Waals surface area contributed by atoms with Crippen molar-refractivity contribution in [3.8, 4) is 5.75 Å². The normalized spacial score (nSPS) is 18.6. The van der Waals surface area contributed by atoms with Crippen molar-refractivity contribution >= 4 is 23.3 Å². The van der Waals surface area contributed by atoms with E-state index in [1.165, 1.54) is 7.11 Å². The molecule has 37 heavy (non-hydrogen) atoms. The highest BCUT2D eigenvalue weighted by Gasteiger charge is 2.45. The van der Waals surface area contributed by atoms with Gasteiger partial charge < -0.3 is 25.3 Å². The Hall–Kier alpha value is -4.07. The summed E-state index contributed by atoms with van der Waals surface area (Å²) in [5.41, 5.74) is 9.57. The first-order chi connectivity index (χ1) is 17.5. The summed E-state index contributed by atoms with van der Waals surface area (Å²) in [6.07, 6.45) is 0.780. The van der Waals surface area contributed by atoms with Crippen LogP contribution in [0.5, 0.6) is 5.75 Å². The lowest BCUT2D eigenvalue weighted by molar-refractivity contribution is -0.136. The molecule has 0 spiro atoms. The number of nitrogens with two attached hydrogens (primary N) is 1. The lowest BCUT2D eigenvalue weighted by atomic mass is 9.70. The monoisotopic (exact) mass is 504 g/mol. The number of esters is 1. The van der Waals surface area contributed by atoms with Crippen LogP contribution in [-0.4, -0.2) is 31.4 Å². The van der Waals surface area contributed by atoms with Crippen molar-refractivity contribution in [2.75, 3.05) is 19.0 Å². The minimum Gasteiger partial charge on any atom is -0.483 e. The maximum absolute atomic E-state index is 13.4. The second-order valence-corrected chi connectivity index (χ2v) is 10.2. The second kappa shape index (κ2) is 10.1. The van der Waals surface area contributed by atoms with E-state index in [9.17, 15) is 14.4 Å². The molecule has 0 saturated carbocycles. The Bertz CT molecular complexity index is 1340. The summed E-state index contributed by atoms with van der Waals surface area (Å²) >= 11 is 0. The number of benzene rings is 2. The minimum atomic E-state index is -0.849. The van der Waals surface area contributed by atoms with Crippen LogP contribution in [0.1, 0.15) is 49.3 Å². The van der Waals surface area contributed by atoms with Gasteiger partial charge in [-0.25, -0.2) is 4.79 Å². The van der Waals surface area contributed by atoms with Crippen molar-refractivity contribution in [1.82, 2.24) is 0 Å². The Morgan fingerprint density at radius 1 is 1.11 bits per heavy atom. The van der Waals surface area contributed by atoms with Crippen LogP contribution in [0.25, 0.3) is 0 Å². The molecule has 194 valence electrons. The first-order valence-corrected chi connectivity index (χ1v) is 12.1. The number of hydrogen-bond acceptors (Lipinski definition) is 7. The SMILES string of the molecule is COC(=O)C1=C(N)OC2=C(C(=O)CC(C)(C)C2)C1c1ccccc1OCC(=O)Nc1cccc(C)c1C. The number of nitrogens with one attached hydrogen (secondary N) is 1. The molecule has 1 amide bonds. The zero-order chi connectivity index (χ0) is 26.9. The van der Waals surface area contributed by atoms with E-state index >= 15 is 0 Å². The number of carbonyl (C=O) groups excluding carboxylic acids is 3. The number of aryl methyl sites for hydroxylation is 1. The molecule has 0 saturated heterocycles. The fourth-order valence-electron chi connectivity index (χ4n) is 4.87. The molecule has 8 nitrogen and oxygen atoms in total. The molecule has 4 rings (SSSR count). The van der Waals surface area contributed by atoms with Crippen molar-refractivity contribution in [3.63, 3.8) is 0 Å². The highest BCUT2D eigenvalue weighted by molar-refractivity contribution is 6.03. The number of ether oxygens (including phenoxy) is 3. The number of para-hydroxylation sites is 1. The molecule has 0 fully saturated rings. The average molecular weight is 505 g/mol. The van der Waals surface area contributed by atoms with E-state index in [0.29, 0.717) is 41.2 Å². The van der Waals surface area contributed by atoms with Gasteiger partial charge in [-0.1, -0.05) is 44.2 Å². The molecule has 2 aliphatic rings. The van der Waals surface area contributed by atoms with Gasteiger partial charge in [-0.05, 0) is 42.5 Å². The number of allylic oxidation sites excluding steroid dienone is 2. The van der Waals surface area contributed by atoms with Crippen LogP contribution in [-0.2, 0) is 23.9 Å². The number of amides is 1. The maximum atomic E-state index is 13.4. The second-order valence-electron chi connectivity index (χ2n) is 10.2. The third-order valence-corrected chi connectivity index (χ3v) is 6.83. The van der Waals surface area contributed by atoms with Gasteiger partial charge in [-0.2, -0.15) is 0 Å². The Morgan fingerprint density at radius 2 is 1.84 bits per heavy atom. The molecule has 3 N–H and O–H groups in total. The predicted octanol–water partition coefficient (Wildman–Crippen LogP) is 4.42. The molecule has 0 bridgehead atoms. The van der Waals surface area contributed by atoms with E-state index in [2.05, 4.69) is 5.32 Å². The number of hydrogen-bond donors (Lipinski definition) is 2. The summed E-state index contributed by atoms with van der Waals surface area (Å²) in [7, 11) is 1.25. The van der Waals surface area contributed by atoms with E-state index in [-0.39, 0.29) is 35.2 Å². The zero-order valence-corrected chi connectivity index (χ0v) is 21.8. The largest absolute Gasteiger partial charge is 0.483 e. The molecule has 2 aromatic rings. The number of carbonyl (C=O) groups is 3. The van der Waals surface area contributed by atoms with Gasteiger partial charge in [-0.3, -0.25) is 9.59 Å². The van der Waals surface area contributed by atoms with Crippen molar-refractivity contribution < 1.29 is 28.6 Å². The van der Waals surface area contributed by atoms with Gasteiger partial charge in [0.25, 0.3) is 5.91 Å². The van der Waals surface area contributed by atoms with Gasteiger partial charge in [0.15, 0.2) is 12.4 Å². The molecule has 0 aromatic heterocycles. The van der Waals surface area contributed by atoms with Crippen LogP contribution in [0.15, 0.2) is 65.3 Å². The highest BCUT2D eigenvalue weighted by atomic mass is 16.5. The third kappa shape index (κ3) is 5.23. The molecule has 1 aliphatic heterocycles. The smallest absolute Gasteiger partial charge is 0.340 e. The van der Waals surface area contributed by atoms with Crippen molar-refractivity contribution in [2.24, 2.45) is 11.1 Å². The number of ketones is 1. The van der Waals surface area contributed by atoms with Crippen LogP contribution < -0.4 is 15.8 Å². The molecule has 1 unspecified atom stereocenters. The number of methoxy groups -OCH3 is 1. The topological polar surface area (TPSA) is 117 Å². The molecule has 0 radical (unpaired) electrons. The molecular weight excluding hydrogens is 472 g/mol. The highest BCUT2D eigenvalue weighted by Crippen LogP contribution is 2.49. The Balaban J connectivity index is 1.68. The van der Waals surface area contributed by atoms with E-state index in [1.54, 1.807) is 24.3 Å². The number of Topliss-reactive ketones (excluding diaryl/α,β-unsaturated/α-hetero) is 1. The van der Waals surface area contributed by atoms with Gasteiger partial charge in [0.1, 0.15) is 17.1 Å². The average Bonchev–Trinajstić information content (AvgIpc) is 2.83. The van der Waals surface area contributed by atoms with Gasteiger partial charge in [-0.15, -0.1) is 0 Å². The van der Waals surface area contributed by atoms with Crippen molar-refractivity contribution in [3.05, 3.63) is 81.9 Å². The molecular formula is C29H32N2O6. The molecule has 1 heterocycles. The summed E-state index contributed by atoms with van der Waals surface area (Å²) in [5.74, 6) is -1.33. The minimum absolute atomic E-state index is 0.0326. The quantitative estimate of drug-likeness (QED) is 0.559. The standard InChI is InChI=1S/C29H32N2O6/c1-16-9-8-11-19(17(16)2)31-23(33)15-36-21-12-7-6-10-18(21)24-25-20(32)13-29(3,4)14-22(25)37-27(30)26(24)28(34)35-5/h6-12,24H,13-15,30H2,1-5H3,(H,31,33). The van der Waals surface area contributed by atoms with Crippen LogP contribution in [0.3, 0.4) is 0 Å². The van der Waals surface area contributed by atoms with Crippen molar-refractivity contribution in [2.45, 2.75) is 46.5 Å². The number of rotatable bonds is 6. The van der Waals surface area contributed by atoms with Crippen LogP contribution >= 0.6 is 0 Å². The Morgan fingerprint density at radius 3 is 2.57 bits per heavy atom. The van der Waals surface area contributed by atoms with E-state index < -0.39 is 11.9 Å². The predicted molar refractivity (Wildman–Crippen MR) is 139 cm³/mol. The van der Waals surface area contributed by atoms with Crippen molar-refractivity contribution in [1.29, 1.82) is 0 Å². The van der Waals surface area contributed by atoms with Gasteiger partial charge in [0.05, 0.1) is 13.0 Å². The third-order valence-electron chi connectivity index (χ3n) is 6.83. The van der Waals surface area contributed by atoms with E-state index in [1.807, 2.05) is 45.9 Å². The first kappa shape index (κ1) is 26.0. The van der Waals surface area contributed by atoms with Crippen LogP contribution in [0.2, 0.25) is 0 Å². The van der Waals surface area contributed by atoms with Crippen LogP contribution in [0.4, 0.5) is 5.69 Å². The fraction of sp³-hybridized carbons (Fsp3) is 0.345. The first-order valence-electron chi connectivity index (χ1n) is 12.1.